The van der Waals surface area contributed by atoms with Crippen molar-refractivity contribution in [2.24, 2.45) is 0 Å². The summed E-state index contributed by atoms with van der Waals surface area (Å²) in [5.41, 5.74) is 2.91. The van der Waals surface area contributed by atoms with Gasteiger partial charge in [-0.05, 0) is 50.2 Å². The molecule has 2 aromatic carbocycles. The smallest absolute Gasteiger partial charge is 0.338 e. The molecule has 0 aromatic heterocycles. The Morgan fingerprint density at radius 3 is 2.63 bits per heavy atom. The molecular weight excluding hydrogens is 346 g/mol. The topological polar surface area (TPSA) is 73.9 Å². The third-order valence-electron chi connectivity index (χ3n) is 4.18. The van der Waals surface area contributed by atoms with Crippen molar-refractivity contribution in [2.45, 2.75) is 39.9 Å². The third-order valence-corrected chi connectivity index (χ3v) is 4.18. The Balaban J connectivity index is 1.69. The number of carbonyl (C=O) groups is 2. The van der Waals surface area contributed by atoms with Gasteiger partial charge in [0.2, 0.25) is 5.91 Å². The summed E-state index contributed by atoms with van der Waals surface area (Å²) in [5, 5.41) is 2.66. The molecule has 1 aliphatic heterocycles. The van der Waals surface area contributed by atoms with Crippen LogP contribution in [0.1, 0.15) is 42.3 Å². The summed E-state index contributed by atoms with van der Waals surface area (Å²) in [5.74, 6) is 0.919. The average molecular weight is 369 g/mol. The summed E-state index contributed by atoms with van der Waals surface area (Å²) in [6, 6.07) is 10.4. The predicted molar refractivity (Wildman–Crippen MR) is 101 cm³/mol. The molecule has 3 rings (SSSR count). The van der Waals surface area contributed by atoms with Crippen molar-refractivity contribution in [3.8, 4) is 11.5 Å². The van der Waals surface area contributed by atoms with Gasteiger partial charge in [0.05, 0.1) is 12.2 Å². The molecule has 6 nitrogen and oxygen atoms in total. The molecule has 142 valence electrons. The van der Waals surface area contributed by atoms with Crippen LogP contribution >= 0.6 is 0 Å². The molecule has 0 saturated heterocycles. The molecule has 1 amide bonds. The van der Waals surface area contributed by atoms with Crippen LogP contribution in [0.15, 0.2) is 36.4 Å². The third kappa shape index (κ3) is 4.58. The van der Waals surface area contributed by atoms with Crippen molar-refractivity contribution in [1.29, 1.82) is 0 Å². The Bertz CT molecular complexity index is 844. The van der Waals surface area contributed by atoms with Gasteiger partial charge in [-0.15, -0.1) is 0 Å². The number of ether oxygens (including phenoxy) is 3. The molecule has 2 aromatic rings. The molecule has 0 fully saturated rings. The minimum absolute atomic E-state index is 0.0899. The fraction of sp³-hybridized carbons (Fsp3) is 0.333. The van der Waals surface area contributed by atoms with Crippen LogP contribution in [0, 0.1) is 0 Å². The van der Waals surface area contributed by atoms with Gasteiger partial charge in [0.15, 0.2) is 0 Å². The number of rotatable bonds is 6. The zero-order chi connectivity index (χ0) is 19.4. The number of hydrogen-bond acceptors (Lipinski definition) is 5. The first-order valence-electron chi connectivity index (χ1n) is 8.96. The van der Waals surface area contributed by atoms with Crippen molar-refractivity contribution in [3.05, 3.63) is 53.1 Å². The maximum absolute atomic E-state index is 12.3. The van der Waals surface area contributed by atoms with Gasteiger partial charge in [-0.2, -0.15) is 0 Å². The highest BCUT2D eigenvalue weighted by molar-refractivity contribution is 5.92. The average Bonchev–Trinajstić information content (AvgIpc) is 2.98. The summed E-state index contributed by atoms with van der Waals surface area (Å²) in [6.45, 7) is 5.98. The molecule has 0 bridgehead atoms. The Morgan fingerprint density at radius 1 is 1.22 bits per heavy atom. The van der Waals surface area contributed by atoms with Crippen LogP contribution in [0.4, 0.5) is 5.69 Å². The molecule has 0 aliphatic carbocycles. The van der Waals surface area contributed by atoms with Crippen LogP contribution in [-0.4, -0.2) is 24.6 Å². The van der Waals surface area contributed by atoms with Crippen LogP contribution in [0.2, 0.25) is 0 Å². The molecule has 0 unspecified atom stereocenters. The Hall–Kier alpha value is -3.02. The monoisotopic (exact) mass is 369 g/mol. The lowest BCUT2D eigenvalue weighted by molar-refractivity contribution is -0.114. The highest BCUT2D eigenvalue weighted by Crippen LogP contribution is 2.35. The molecule has 1 aliphatic rings. The Morgan fingerprint density at radius 2 is 1.96 bits per heavy atom. The first kappa shape index (κ1) is 18.8. The minimum atomic E-state index is -0.443. The number of nitrogens with one attached hydrogen (secondary N) is 1. The van der Waals surface area contributed by atoms with Crippen LogP contribution in [0.25, 0.3) is 0 Å². The van der Waals surface area contributed by atoms with E-state index in [0.29, 0.717) is 23.6 Å². The summed E-state index contributed by atoms with van der Waals surface area (Å²) < 4.78 is 16.9. The summed E-state index contributed by atoms with van der Waals surface area (Å²) in [4.78, 5) is 23.4. The molecular formula is C21H23NO5. The van der Waals surface area contributed by atoms with Crippen molar-refractivity contribution in [2.75, 3.05) is 11.9 Å². The van der Waals surface area contributed by atoms with E-state index in [-0.39, 0.29) is 18.6 Å². The minimum Gasteiger partial charge on any atom is -0.493 e. The number of fused-ring (bicyclic) bond motifs is 1. The zero-order valence-corrected chi connectivity index (χ0v) is 15.7. The highest BCUT2D eigenvalue weighted by atomic mass is 16.5. The van der Waals surface area contributed by atoms with E-state index in [1.807, 2.05) is 26.0 Å². The molecule has 1 heterocycles. The van der Waals surface area contributed by atoms with Gasteiger partial charge in [0.25, 0.3) is 0 Å². The molecule has 0 spiro atoms. The second kappa shape index (κ2) is 8.12. The second-order valence-electron chi connectivity index (χ2n) is 6.47. The van der Waals surface area contributed by atoms with Crippen LogP contribution in [0.5, 0.6) is 11.5 Å². The predicted octanol–water partition coefficient (Wildman–Crippen LogP) is 3.72. The zero-order valence-electron chi connectivity index (χ0n) is 15.7. The number of carbonyl (C=O) groups excluding carboxylic acids is 2. The quantitative estimate of drug-likeness (QED) is 0.786. The van der Waals surface area contributed by atoms with Crippen LogP contribution in [-0.2, 0) is 22.6 Å². The SMILES string of the molecule is CCOc1cc2c(cc1COC(=O)c1ccc(NC(C)=O)cc1)O[C@H](C)C2. The van der Waals surface area contributed by atoms with Gasteiger partial charge in [0.1, 0.15) is 24.2 Å². The normalized spacial score (nSPS) is 14.9. The molecule has 6 heteroatoms. The molecule has 1 atom stereocenters. The van der Waals surface area contributed by atoms with E-state index in [1.165, 1.54) is 6.92 Å². The molecule has 0 saturated carbocycles. The summed E-state index contributed by atoms with van der Waals surface area (Å²) in [7, 11) is 0. The highest BCUT2D eigenvalue weighted by Gasteiger charge is 2.22. The van der Waals surface area contributed by atoms with E-state index in [1.54, 1.807) is 24.3 Å². The maximum atomic E-state index is 12.3. The van der Waals surface area contributed by atoms with Crippen LogP contribution < -0.4 is 14.8 Å². The number of benzene rings is 2. The van der Waals surface area contributed by atoms with E-state index < -0.39 is 5.97 Å². The van der Waals surface area contributed by atoms with E-state index in [2.05, 4.69) is 5.32 Å². The Kier molecular flexibility index (Phi) is 5.64. The van der Waals surface area contributed by atoms with Crippen molar-refractivity contribution >= 4 is 17.6 Å². The Labute approximate surface area is 158 Å². The van der Waals surface area contributed by atoms with E-state index in [4.69, 9.17) is 14.2 Å². The van der Waals surface area contributed by atoms with E-state index in [0.717, 1.165) is 23.3 Å². The van der Waals surface area contributed by atoms with Crippen molar-refractivity contribution in [1.82, 2.24) is 0 Å². The fourth-order valence-electron chi connectivity index (χ4n) is 3.00. The van der Waals surface area contributed by atoms with Gasteiger partial charge in [0, 0.05) is 30.2 Å². The largest absolute Gasteiger partial charge is 0.493 e. The second-order valence-corrected chi connectivity index (χ2v) is 6.47. The van der Waals surface area contributed by atoms with Gasteiger partial charge in [-0.3, -0.25) is 4.79 Å². The van der Waals surface area contributed by atoms with Crippen molar-refractivity contribution in [3.63, 3.8) is 0 Å². The molecule has 1 N–H and O–H groups in total. The molecule has 27 heavy (non-hydrogen) atoms. The van der Waals surface area contributed by atoms with Crippen molar-refractivity contribution < 1.29 is 23.8 Å². The lowest BCUT2D eigenvalue weighted by Gasteiger charge is -2.13. The standard InChI is InChI=1S/C21H23NO5/c1-4-25-19-10-16-9-13(2)27-20(16)11-17(19)12-26-21(24)15-5-7-18(8-6-15)22-14(3)23/h5-8,10-11,13H,4,9,12H2,1-3H3,(H,22,23)/t13-/m1/s1. The summed E-state index contributed by atoms with van der Waals surface area (Å²) in [6.07, 6.45) is 0.977. The van der Waals surface area contributed by atoms with Gasteiger partial charge in [-0.1, -0.05) is 0 Å². The van der Waals surface area contributed by atoms with Gasteiger partial charge >= 0.3 is 5.97 Å². The molecule has 0 radical (unpaired) electrons. The first-order chi connectivity index (χ1) is 13.0. The number of amides is 1. The number of anilines is 1. The van der Waals surface area contributed by atoms with E-state index in [9.17, 15) is 9.59 Å². The maximum Gasteiger partial charge on any atom is 0.338 e. The van der Waals surface area contributed by atoms with Gasteiger partial charge < -0.3 is 19.5 Å². The van der Waals surface area contributed by atoms with Gasteiger partial charge in [-0.25, -0.2) is 4.79 Å². The summed E-state index contributed by atoms with van der Waals surface area (Å²) >= 11 is 0. The fourth-order valence-corrected chi connectivity index (χ4v) is 3.00. The lowest BCUT2D eigenvalue weighted by atomic mass is 10.1. The number of esters is 1. The number of hydrogen-bond donors (Lipinski definition) is 1. The first-order valence-corrected chi connectivity index (χ1v) is 8.96. The van der Waals surface area contributed by atoms with Crippen LogP contribution in [0.3, 0.4) is 0 Å². The lowest BCUT2D eigenvalue weighted by Crippen LogP contribution is -2.08. The van der Waals surface area contributed by atoms with E-state index >= 15 is 0 Å².